The van der Waals surface area contributed by atoms with Crippen LogP contribution in [-0.2, 0) is 9.59 Å². The van der Waals surface area contributed by atoms with Gasteiger partial charge in [0.1, 0.15) is 18.0 Å². The average molecular weight is 461 g/mol. The molecule has 3 amide bonds. The number of amides is 3. The molecule has 2 aromatic carbocycles. The van der Waals surface area contributed by atoms with Crippen LogP contribution in [0.2, 0.25) is 5.02 Å². The van der Waals surface area contributed by atoms with Gasteiger partial charge in [-0.15, -0.1) is 0 Å². The molecule has 0 spiro atoms. The molecule has 0 aliphatic carbocycles. The van der Waals surface area contributed by atoms with E-state index in [9.17, 15) is 14.4 Å². The van der Waals surface area contributed by atoms with Crippen molar-refractivity contribution in [1.82, 2.24) is 4.90 Å². The summed E-state index contributed by atoms with van der Waals surface area (Å²) >= 11 is 6.84. The van der Waals surface area contributed by atoms with Crippen molar-refractivity contribution in [3.63, 3.8) is 0 Å². The van der Waals surface area contributed by atoms with Crippen molar-refractivity contribution in [3.8, 4) is 11.5 Å². The van der Waals surface area contributed by atoms with Crippen LogP contribution >= 0.6 is 23.4 Å². The number of carbonyl (C=O) groups is 3. The Bertz CT molecular complexity index is 1040. The smallest absolute Gasteiger partial charge is 0.294 e. The summed E-state index contributed by atoms with van der Waals surface area (Å²) in [5.41, 5.74) is 1.18. The van der Waals surface area contributed by atoms with E-state index in [0.29, 0.717) is 16.5 Å². The molecule has 2 aromatic rings. The zero-order valence-electron chi connectivity index (χ0n) is 17.2. The fourth-order valence-electron chi connectivity index (χ4n) is 2.79. The van der Waals surface area contributed by atoms with Crippen LogP contribution in [0.3, 0.4) is 0 Å². The maximum absolute atomic E-state index is 12.6. The van der Waals surface area contributed by atoms with Gasteiger partial charge in [0.15, 0.2) is 0 Å². The van der Waals surface area contributed by atoms with E-state index >= 15 is 0 Å². The van der Waals surface area contributed by atoms with Crippen LogP contribution in [0.25, 0.3) is 6.08 Å². The summed E-state index contributed by atoms with van der Waals surface area (Å²) in [6, 6.07) is 11.9. The largest absolute Gasteiger partial charge is 0.495 e. The van der Waals surface area contributed by atoms with Gasteiger partial charge in [-0.05, 0) is 67.6 Å². The van der Waals surface area contributed by atoms with Crippen molar-refractivity contribution in [3.05, 3.63) is 58.0 Å². The van der Waals surface area contributed by atoms with E-state index < -0.39 is 23.6 Å². The number of methoxy groups -OCH3 is 1. The Balaban J connectivity index is 1.65. The van der Waals surface area contributed by atoms with E-state index in [0.717, 1.165) is 28.0 Å². The number of benzene rings is 2. The standard InChI is InChI=1S/C22H21ClN2O5S/c1-13(2)30-16-7-4-14(5-8-16)10-19-21(27)25(22(28)31-19)12-20(26)24-15-6-9-18(29-3)17(23)11-15/h4-11,13H,12H2,1-3H3,(H,24,26). The lowest BCUT2D eigenvalue weighted by atomic mass is 10.2. The fourth-order valence-corrected chi connectivity index (χ4v) is 3.89. The molecule has 1 saturated heterocycles. The summed E-state index contributed by atoms with van der Waals surface area (Å²) in [5, 5.41) is 2.45. The highest BCUT2D eigenvalue weighted by Crippen LogP contribution is 2.32. The topological polar surface area (TPSA) is 84.9 Å². The predicted molar refractivity (Wildman–Crippen MR) is 122 cm³/mol. The molecule has 0 radical (unpaired) electrons. The van der Waals surface area contributed by atoms with E-state index in [1.165, 1.54) is 13.2 Å². The molecule has 162 valence electrons. The third-order valence-corrected chi connectivity index (χ3v) is 5.36. The number of carbonyl (C=O) groups excluding carboxylic acids is 3. The average Bonchev–Trinajstić information content (AvgIpc) is 2.96. The Kier molecular flexibility index (Phi) is 7.25. The van der Waals surface area contributed by atoms with Crippen molar-refractivity contribution in [1.29, 1.82) is 0 Å². The second-order valence-electron chi connectivity index (χ2n) is 6.90. The Hall–Kier alpha value is -2.97. The minimum atomic E-state index is -0.514. The molecule has 1 heterocycles. The lowest BCUT2D eigenvalue weighted by molar-refractivity contribution is -0.127. The number of thioether (sulfide) groups is 1. The van der Waals surface area contributed by atoms with Crippen LogP contribution in [0.5, 0.6) is 11.5 Å². The third-order valence-electron chi connectivity index (χ3n) is 4.16. The number of hydrogen-bond acceptors (Lipinski definition) is 6. The quantitative estimate of drug-likeness (QED) is 0.597. The monoisotopic (exact) mass is 460 g/mol. The van der Waals surface area contributed by atoms with Gasteiger partial charge in [-0.2, -0.15) is 0 Å². The molecule has 0 atom stereocenters. The first-order chi connectivity index (χ1) is 14.8. The van der Waals surface area contributed by atoms with Gasteiger partial charge in [0.2, 0.25) is 5.91 Å². The Morgan fingerprint density at radius 1 is 1.19 bits per heavy atom. The highest BCUT2D eigenvalue weighted by atomic mass is 35.5. The lowest BCUT2D eigenvalue weighted by Crippen LogP contribution is -2.36. The first-order valence-corrected chi connectivity index (χ1v) is 10.6. The molecule has 1 fully saturated rings. The van der Waals surface area contributed by atoms with Crippen LogP contribution in [0.15, 0.2) is 47.4 Å². The summed E-state index contributed by atoms with van der Waals surface area (Å²) in [6.07, 6.45) is 1.67. The molecular formula is C22H21ClN2O5S. The molecule has 0 bridgehead atoms. The lowest BCUT2D eigenvalue weighted by Gasteiger charge is -2.13. The van der Waals surface area contributed by atoms with E-state index in [1.807, 2.05) is 13.8 Å². The van der Waals surface area contributed by atoms with Gasteiger partial charge in [-0.1, -0.05) is 23.7 Å². The van der Waals surface area contributed by atoms with Crippen LogP contribution in [-0.4, -0.2) is 41.7 Å². The van der Waals surface area contributed by atoms with Crippen molar-refractivity contribution in [2.45, 2.75) is 20.0 Å². The number of nitrogens with one attached hydrogen (secondary N) is 1. The van der Waals surface area contributed by atoms with Gasteiger partial charge in [0.05, 0.1) is 23.1 Å². The maximum atomic E-state index is 12.6. The minimum absolute atomic E-state index is 0.0578. The molecule has 0 unspecified atom stereocenters. The van der Waals surface area contributed by atoms with Gasteiger partial charge in [-0.25, -0.2) is 0 Å². The maximum Gasteiger partial charge on any atom is 0.294 e. The molecular weight excluding hydrogens is 440 g/mol. The summed E-state index contributed by atoms with van der Waals surface area (Å²) in [7, 11) is 1.49. The molecule has 31 heavy (non-hydrogen) atoms. The van der Waals surface area contributed by atoms with Crippen LogP contribution < -0.4 is 14.8 Å². The highest BCUT2D eigenvalue weighted by molar-refractivity contribution is 8.18. The number of anilines is 1. The van der Waals surface area contributed by atoms with E-state index in [-0.39, 0.29) is 11.0 Å². The van der Waals surface area contributed by atoms with Gasteiger partial charge < -0.3 is 14.8 Å². The van der Waals surface area contributed by atoms with Crippen molar-refractivity contribution < 1.29 is 23.9 Å². The normalized spacial score (nSPS) is 15.0. The van der Waals surface area contributed by atoms with E-state index in [2.05, 4.69) is 5.32 Å². The SMILES string of the molecule is COc1ccc(NC(=O)CN2C(=O)SC(=Cc3ccc(OC(C)C)cc3)C2=O)cc1Cl. The second kappa shape index (κ2) is 9.89. The number of rotatable bonds is 7. The number of ether oxygens (including phenoxy) is 2. The van der Waals surface area contributed by atoms with Crippen LogP contribution in [0.4, 0.5) is 10.5 Å². The van der Waals surface area contributed by atoms with Gasteiger partial charge in [0.25, 0.3) is 11.1 Å². The molecule has 7 nitrogen and oxygen atoms in total. The molecule has 0 aromatic heterocycles. The van der Waals surface area contributed by atoms with Crippen molar-refractivity contribution >= 4 is 52.2 Å². The first-order valence-electron chi connectivity index (χ1n) is 9.42. The van der Waals surface area contributed by atoms with Gasteiger partial charge in [-0.3, -0.25) is 19.3 Å². The molecule has 0 saturated carbocycles. The number of hydrogen-bond donors (Lipinski definition) is 1. The molecule has 1 aliphatic rings. The van der Waals surface area contributed by atoms with Crippen LogP contribution in [0.1, 0.15) is 19.4 Å². The Morgan fingerprint density at radius 3 is 2.52 bits per heavy atom. The third kappa shape index (κ3) is 5.80. The second-order valence-corrected chi connectivity index (χ2v) is 8.30. The summed E-state index contributed by atoms with van der Waals surface area (Å²) in [5.74, 6) is 0.162. The fraction of sp³-hybridized carbons (Fsp3) is 0.227. The first kappa shape index (κ1) is 22.7. The van der Waals surface area contributed by atoms with E-state index in [1.54, 1.807) is 42.5 Å². The van der Waals surface area contributed by atoms with Crippen LogP contribution in [0, 0.1) is 0 Å². The summed E-state index contributed by atoms with van der Waals surface area (Å²) in [4.78, 5) is 38.4. The number of halogens is 1. The zero-order valence-corrected chi connectivity index (χ0v) is 18.8. The van der Waals surface area contributed by atoms with Crippen molar-refractivity contribution in [2.75, 3.05) is 19.0 Å². The highest BCUT2D eigenvalue weighted by Gasteiger charge is 2.36. The summed E-state index contributed by atoms with van der Waals surface area (Å²) < 4.78 is 10.7. The zero-order chi connectivity index (χ0) is 22.5. The molecule has 9 heteroatoms. The van der Waals surface area contributed by atoms with Gasteiger partial charge >= 0.3 is 0 Å². The molecule has 1 aliphatic heterocycles. The number of imide groups is 1. The predicted octanol–water partition coefficient (Wildman–Crippen LogP) is 4.81. The summed E-state index contributed by atoms with van der Waals surface area (Å²) in [6.45, 7) is 3.47. The van der Waals surface area contributed by atoms with E-state index in [4.69, 9.17) is 21.1 Å². The minimum Gasteiger partial charge on any atom is -0.495 e. The molecule has 3 rings (SSSR count). The number of nitrogens with zero attached hydrogens (tertiary/aromatic N) is 1. The van der Waals surface area contributed by atoms with Gasteiger partial charge in [0, 0.05) is 5.69 Å². The van der Waals surface area contributed by atoms with Crippen molar-refractivity contribution in [2.24, 2.45) is 0 Å². The Morgan fingerprint density at radius 2 is 1.90 bits per heavy atom. The molecule has 1 N–H and O–H groups in total. The Labute approximate surface area is 189 Å².